The fraction of sp³-hybridized carbons (Fsp3) is 0.348. The molecular weight excluding hydrogens is 447 g/mol. The highest BCUT2D eigenvalue weighted by Crippen LogP contribution is 2.41. The van der Waals surface area contributed by atoms with Crippen LogP contribution in [-0.2, 0) is 33.3 Å². The highest BCUT2D eigenvalue weighted by Gasteiger charge is 2.64. The van der Waals surface area contributed by atoms with Gasteiger partial charge in [0.05, 0.1) is 6.42 Å². The number of nitrogens with zero attached hydrogens (tertiary/aromatic N) is 1. The molecule has 3 unspecified atom stereocenters. The number of cyclic esters (lactones) is 1. The predicted octanol–water partition coefficient (Wildman–Crippen LogP) is 2.53. The molecule has 2 aliphatic rings. The molecular formula is C23H25N2O7P. The first-order valence-electron chi connectivity index (χ1n) is 10.6. The Labute approximate surface area is 192 Å². The van der Waals surface area contributed by atoms with E-state index in [-0.39, 0.29) is 12.8 Å². The van der Waals surface area contributed by atoms with Crippen molar-refractivity contribution < 1.29 is 33.3 Å². The first-order valence-corrected chi connectivity index (χ1v) is 11.6. The topological polar surface area (TPSA) is 111 Å². The van der Waals surface area contributed by atoms with Gasteiger partial charge in [-0.3, -0.25) is 19.5 Å². The number of amides is 1. The van der Waals surface area contributed by atoms with Crippen LogP contribution in [0.25, 0.3) is 0 Å². The maximum Gasteiger partial charge on any atom is 0.376 e. The van der Waals surface area contributed by atoms with Crippen LogP contribution in [-0.4, -0.2) is 40.3 Å². The van der Waals surface area contributed by atoms with E-state index < -0.39 is 49.9 Å². The number of nitrogens with one attached hydrogen (secondary N) is 1. The van der Waals surface area contributed by atoms with Crippen LogP contribution in [0.5, 0.6) is 0 Å². The predicted molar refractivity (Wildman–Crippen MR) is 118 cm³/mol. The van der Waals surface area contributed by atoms with Gasteiger partial charge >= 0.3 is 17.7 Å². The van der Waals surface area contributed by atoms with Crippen molar-refractivity contribution in [1.82, 2.24) is 10.2 Å². The fourth-order valence-corrected chi connectivity index (χ4v) is 4.56. The van der Waals surface area contributed by atoms with Crippen LogP contribution in [0.4, 0.5) is 0 Å². The van der Waals surface area contributed by atoms with Crippen LogP contribution in [0.2, 0.25) is 0 Å². The minimum Gasteiger partial charge on any atom is -0.448 e. The highest BCUT2D eigenvalue weighted by atomic mass is 31.1. The first kappa shape index (κ1) is 23.2. The van der Waals surface area contributed by atoms with Gasteiger partial charge in [0.25, 0.3) is 5.91 Å². The van der Waals surface area contributed by atoms with Gasteiger partial charge in [0.1, 0.15) is 20.3 Å². The molecule has 4 rings (SSSR count). The molecule has 2 fully saturated rings. The standard InChI is InChI=1S/C23H25N2O7P/c1-15-22(2,24-33-29)20(27)25(32-15)23(14-13-18(26)31-23)21(28)30-19(16-9-5-3-6-10-16)17-11-7-4-8-12-17/h3-12,15,19H,13-14,33H2,1-2H3,(H,24,29)/t15?,22-,23?/m0/s1. The van der Waals surface area contributed by atoms with Crippen molar-refractivity contribution in [3.05, 3.63) is 71.8 Å². The van der Waals surface area contributed by atoms with Crippen molar-refractivity contribution in [2.24, 2.45) is 0 Å². The molecule has 9 nitrogen and oxygen atoms in total. The van der Waals surface area contributed by atoms with E-state index in [4.69, 9.17) is 14.3 Å². The van der Waals surface area contributed by atoms with Gasteiger partial charge in [-0.15, -0.1) is 0 Å². The van der Waals surface area contributed by atoms with E-state index >= 15 is 0 Å². The Morgan fingerprint density at radius 2 is 1.70 bits per heavy atom. The molecule has 10 heteroatoms. The van der Waals surface area contributed by atoms with Crippen LogP contribution >= 0.6 is 8.61 Å². The summed E-state index contributed by atoms with van der Waals surface area (Å²) in [5, 5.41) is 3.43. The number of hydroxylamine groups is 2. The van der Waals surface area contributed by atoms with E-state index in [1.807, 2.05) is 60.7 Å². The lowest BCUT2D eigenvalue weighted by Gasteiger charge is -2.34. The van der Waals surface area contributed by atoms with E-state index in [0.717, 1.165) is 5.06 Å². The van der Waals surface area contributed by atoms with Gasteiger partial charge < -0.3 is 14.0 Å². The van der Waals surface area contributed by atoms with Gasteiger partial charge in [-0.25, -0.2) is 4.79 Å². The average Bonchev–Trinajstić information content (AvgIpc) is 3.33. The third kappa shape index (κ3) is 4.08. The largest absolute Gasteiger partial charge is 0.448 e. The summed E-state index contributed by atoms with van der Waals surface area (Å²) >= 11 is 0. The second-order valence-electron chi connectivity index (χ2n) is 8.18. The molecule has 2 aliphatic heterocycles. The molecule has 2 aromatic rings. The van der Waals surface area contributed by atoms with Crippen molar-refractivity contribution in [3.63, 3.8) is 0 Å². The maximum absolute atomic E-state index is 13.6. The van der Waals surface area contributed by atoms with Gasteiger partial charge in [0.2, 0.25) is 0 Å². The smallest absolute Gasteiger partial charge is 0.376 e. The normalized spacial score (nSPS) is 27.5. The van der Waals surface area contributed by atoms with Crippen LogP contribution in [0, 0.1) is 0 Å². The zero-order valence-electron chi connectivity index (χ0n) is 18.2. The lowest BCUT2D eigenvalue weighted by Crippen LogP contribution is -2.59. The molecule has 0 saturated carbocycles. The lowest BCUT2D eigenvalue weighted by molar-refractivity contribution is -0.270. The molecule has 0 spiro atoms. The third-order valence-electron chi connectivity index (χ3n) is 6.09. The van der Waals surface area contributed by atoms with Crippen molar-refractivity contribution in [2.75, 3.05) is 0 Å². The molecule has 2 aromatic carbocycles. The summed E-state index contributed by atoms with van der Waals surface area (Å²) in [6.07, 6.45) is -1.79. The number of ether oxygens (including phenoxy) is 2. The summed E-state index contributed by atoms with van der Waals surface area (Å²) in [5.74, 6) is -2.24. The van der Waals surface area contributed by atoms with Crippen molar-refractivity contribution in [3.8, 4) is 0 Å². The molecule has 1 amide bonds. The summed E-state index contributed by atoms with van der Waals surface area (Å²) in [6, 6.07) is 18.2. The number of carbonyl (C=O) groups excluding carboxylic acids is 3. The van der Waals surface area contributed by atoms with Gasteiger partial charge in [-0.05, 0) is 25.0 Å². The van der Waals surface area contributed by atoms with Gasteiger partial charge in [-0.2, -0.15) is 5.06 Å². The monoisotopic (exact) mass is 472 g/mol. The fourth-order valence-electron chi connectivity index (χ4n) is 3.96. The second-order valence-corrected chi connectivity index (χ2v) is 8.70. The van der Waals surface area contributed by atoms with Gasteiger partial charge in [0, 0.05) is 6.42 Å². The molecule has 2 heterocycles. The summed E-state index contributed by atoms with van der Waals surface area (Å²) in [4.78, 5) is 44.7. The Bertz CT molecular complexity index is 1030. The van der Waals surface area contributed by atoms with Crippen LogP contribution in [0.15, 0.2) is 60.7 Å². The Morgan fingerprint density at radius 1 is 1.12 bits per heavy atom. The van der Waals surface area contributed by atoms with E-state index in [1.165, 1.54) is 6.92 Å². The zero-order chi connectivity index (χ0) is 23.6. The maximum atomic E-state index is 13.6. The van der Waals surface area contributed by atoms with E-state index in [1.54, 1.807) is 6.92 Å². The molecule has 4 atom stereocenters. The summed E-state index contributed by atoms with van der Waals surface area (Å²) < 4.78 is 22.6. The van der Waals surface area contributed by atoms with Crippen LogP contribution < -0.4 is 5.09 Å². The number of hydrogen-bond acceptors (Lipinski definition) is 7. The van der Waals surface area contributed by atoms with Crippen LogP contribution in [0.1, 0.15) is 43.9 Å². The highest BCUT2D eigenvalue weighted by molar-refractivity contribution is 7.21. The number of esters is 2. The number of rotatable bonds is 7. The molecule has 1 N–H and O–H groups in total. The van der Waals surface area contributed by atoms with Crippen molar-refractivity contribution in [2.45, 2.75) is 50.2 Å². The summed E-state index contributed by atoms with van der Waals surface area (Å²) in [5.41, 5.74) is -2.01. The number of benzene rings is 2. The van der Waals surface area contributed by atoms with Crippen LogP contribution in [0.3, 0.4) is 0 Å². The molecule has 33 heavy (non-hydrogen) atoms. The van der Waals surface area contributed by atoms with Gasteiger partial charge in [0.15, 0.2) is 6.10 Å². The second kappa shape index (κ2) is 9.09. The Balaban J connectivity index is 1.70. The number of hydrogen-bond donors (Lipinski definition) is 1. The summed E-state index contributed by atoms with van der Waals surface area (Å²) in [7, 11) is -1.47. The lowest BCUT2D eigenvalue weighted by atomic mass is 9.96. The van der Waals surface area contributed by atoms with Gasteiger partial charge in [-0.1, -0.05) is 60.7 Å². The zero-order valence-corrected chi connectivity index (χ0v) is 19.4. The number of carbonyl (C=O) groups is 3. The van der Waals surface area contributed by atoms with Crippen molar-refractivity contribution >= 4 is 26.5 Å². The van der Waals surface area contributed by atoms with Crippen molar-refractivity contribution in [1.29, 1.82) is 0 Å². The SMILES string of the molecule is CC1ON(C2(C(=O)OC(c3ccccc3)c3ccccc3)CCC(=O)O2)C(=O)[C@@]1(C)N[PH2]=O. The Hall–Kier alpha value is -3.00. The first-order chi connectivity index (χ1) is 15.8. The average molecular weight is 472 g/mol. The minimum atomic E-state index is -2.08. The van der Waals surface area contributed by atoms with E-state index in [9.17, 15) is 18.9 Å². The molecule has 0 aliphatic carbocycles. The molecule has 0 aromatic heterocycles. The quantitative estimate of drug-likeness (QED) is 0.484. The molecule has 0 bridgehead atoms. The van der Waals surface area contributed by atoms with E-state index in [2.05, 4.69) is 5.09 Å². The molecule has 174 valence electrons. The molecule has 0 radical (unpaired) electrons. The third-order valence-corrected chi connectivity index (χ3v) is 6.81. The summed E-state index contributed by atoms with van der Waals surface area (Å²) in [6.45, 7) is 3.13. The Kier molecular flexibility index (Phi) is 6.38. The minimum absolute atomic E-state index is 0.0884. The van der Waals surface area contributed by atoms with E-state index in [0.29, 0.717) is 11.1 Å². The molecule has 2 saturated heterocycles. The Morgan fingerprint density at radius 3 is 2.18 bits per heavy atom.